The molecular formula is C30H51NO. The molecule has 0 bridgehead atoms. The van der Waals surface area contributed by atoms with E-state index in [1.54, 1.807) is 5.57 Å². The van der Waals surface area contributed by atoms with Crippen LogP contribution < -0.4 is 0 Å². The first-order valence-electron chi connectivity index (χ1n) is 14.2. The minimum Gasteiger partial charge on any atom is -0.411 e. The fourth-order valence-electron chi connectivity index (χ4n) is 9.52. The second-order valence-corrected chi connectivity index (χ2v) is 13.1. The molecule has 7 atom stereocenters. The maximum Gasteiger partial charge on any atom is 0.0824 e. The number of nitrogens with zero attached hydrogens (tertiary/aromatic N) is 1. The molecule has 0 aliphatic heterocycles. The van der Waals surface area contributed by atoms with E-state index < -0.39 is 0 Å². The van der Waals surface area contributed by atoms with E-state index >= 15 is 0 Å². The summed E-state index contributed by atoms with van der Waals surface area (Å²) in [4.78, 5) is 0. The molecule has 32 heavy (non-hydrogen) atoms. The maximum absolute atomic E-state index is 9.88. The SMILES string of the molecule is CC/C(=N\O)C1=C2CCCC[C@]2(C)[C@H]2CC[C@]3(C)[C@@H]([C@H](C)CCCC(C)C)CC[C@H]3[C@@H]2C1. The molecule has 0 aromatic heterocycles. The molecule has 3 saturated carbocycles. The summed E-state index contributed by atoms with van der Waals surface area (Å²) in [7, 11) is 0. The van der Waals surface area contributed by atoms with Crippen LogP contribution in [0.1, 0.15) is 125 Å². The summed E-state index contributed by atoms with van der Waals surface area (Å²) in [5.41, 5.74) is 5.05. The number of allylic oxidation sites excluding steroid dienone is 2. The van der Waals surface area contributed by atoms with Crippen LogP contribution >= 0.6 is 0 Å². The van der Waals surface area contributed by atoms with E-state index in [2.05, 4.69) is 46.7 Å². The molecule has 0 saturated heterocycles. The van der Waals surface area contributed by atoms with E-state index in [-0.39, 0.29) is 0 Å². The Morgan fingerprint density at radius 1 is 1.03 bits per heavy atom. The Morgan fingerprint density at radius 3 is 2.50 bits per heavy atom. The zero-order valence-electron chi connectivity index (χ0n) is 22.1. The van der Waals surface area contributed by atoms with Crippen LogP contribution in [0.4, 0.5) is 0 Å². The van der Waals surface area contributed by atoms with Crippen molar-refractivity contribution in [2.45, 2.75) is 125 Å². The van der Waals surface area contributed by atoms with Gasteiger partial charge in [-0.25, -0.2) is 0 Å². The van der Waals surface area contributed by atoms with Gasteiger partial charge in [0.2, 0.25) is 0 Å². The van der Waals surface area contributed by atoms with Gasteiger partial charge in [-0.15, -0.1) is 0 Å². The zero-order chi connectivity index (χ0) is 23.1. The standard InChI is InChI=1S/C30H51NO/c1-7-28(31-32)23-19-22-26-15-14-24(21(4)12-10-11-20(2)3)30(26,6)18-16-27(22)29(5)17-9-8-13-25(23)29/h20-22,24,26-27,32H,7-19H2,1-6H3/b31-28+/t21-,22+,24-,26+,27+,29+,30-/m1/s1. The first-order valence-corrected chi connectivity index (χ1v) is 14.2. The highest BCUT2D eigenvalue weighted by molar-refractivity contribution is 6.00. The highest BCUT2D eigenvalue weighted by atomic mass is 16.4. The van der Waals surface area contributed by atoms with Gasteiger partial charge in [-0.05, 0) is 110 Å². The van der Waals surface area contributed by atoms with Gasteiger partial charge in [-0.2, -0.15) is 0 Å². The summed E-state index contributed by atoms with van der Waals surface area (Å²) in [6, 6.07) is 0. The lowest BCUT2D eigenvalue weighted by molar-refractivity contribution is -0.0513. The van der Waals surface area contributed by atoms with E-state index in [9.17, 15) is 5.21 Å². The monoisotopic (exact) mass is 441 g/mol. The van der Waals surface area contributed by atoms with Gasteiger partial charge >= 0.3 is 0 Å². The number of fused-ring (bicyclic) bond motifs is 5. The predicted octanol–water partition coefficient (Wildman–Crippen LogP) is 9.03. The Balaban J connectivity index is 1.61. The largest absolute Gasteiger partial charge is 0.411 e. The second-order valence-electron chi connectivity index (χ2n) is 13.1. The van der Waals surface area contributed by atoms with Gasteiger partial charge in [-0.1, -0.05) is 78.0 Å². The van der Waals surface area contributed by atoms with Gasteiger partial charge in [0.25, 0.3) is 0 Å². The maximum atomic E-state index is 9.88. The molecule has 4 aliphatic carbocycles. The first-order chi connectivity index (χ1) is 15.3. The minimum absolute atomic E-state index is 0.351. The van der Waals surface area contributed by atoms with E-state index in [4.69, 9.17) is 0 Å². The normalized spacial score (nSPS) is 40.8. The number of hydrogen-bond donors (Lipinski definition) is 1. The van der Waals surface area contributed by atoms with Crippen molar-refractivity contribution in [3.8, 4) is 0 Å². The molecule has 2 nitrogen and oxygen atoms in total. The van der Waals surface area contributed by atoms with E-state index in [0.29, 0.717) is 10.8 Å². The Kier molecular flexibility index (Phi) is 7.19. The van der Waals surface area contributed by atoms with Gasteiger partial charge in [0.15, 0.2) is 0 Å². The van der Waals surface area contributed by atoms with Crippen LogP contribution in [-0.2, 0) is 0 Å². The number of oxime groups is 1. The Bertz CT molecular complexity index is 735. The summed E-state index contributed by atoms with van der Waals surface area (Å²) >= 11 is 0. The summed E-state index contributed by atoms with van der Waals surface area (Å²) in [5, 5.41) is 13.7. The van der Waals surface area contributed by atoms with Crippen LogP contribution in [0.25, 0.3) is 0 Å². The van der Waals surface area contributed by atoms with Gasteiger partial charge in [0.1, 0.15) is 0 Å². The van der Waals surface area contributed by atoms with Crippen molar-refractivity contribution in [2.24, 2.45) is 51.5 Å². The van der Waals surface area contributed by atoms with E-state index in [0.717, 1.165) is 47.6 Å². The molecule has 0 aromatic rings. The van der Waals surface area contributed by atoms with Crippen LogP contribution in [0.15, 0.2) is 16.3 Å². The van der Waals surface area contributed by atoms with Gasteiger partial charge in [0, 0.05) is 0 Å². The van der Waals surface area contributed by atoms with Crippen LogP contribution in [0.2, 0.25) is 0 Å². The highest BCUT2D eigenvalue weighted by Crippen LogP contribution is 2.68. The van der Waals surface area contributed by atoms with Crippen molar-refractivity contribution in [1.29, 1.82) is 0 Å². The van der Waals surface area contributed by atoms with Crippen molar-refractivity contribution in [2.75, 3.05) is 0 Å². The third kappa shape index (κ3) is 4.00. The van der Waals surface area contributed by atoms with Gasteiger partial charge < -0.3 is 5.21 Å². The molecular weight excluding hydrogens is 390 g/mol. The molecule has 182 valence electrons. The summed E-state index contributed by atoms with van der Waals surface area (Å²) < 4.78 is 0. The van der Waals surface area contributed by atoms with Crippen molar-refractivity contribution >= 4 is 5.71 Å². The van der Waals surface area contributed by atoms with Crippen LogP contribution in [0.3, 0.4) is 0 Å². The summed E-state index contributed by atoms with van der Waals surface area (Å²) in [6.07, 6.45) is 17.3. The Labute approximate surface area is 198 Å². The molecule has 0 heterocycles. The first kappa shape index (κ1) is 24.3. The smallest absolute Gasteiger partial charge is 0.0824 e. The third-order valence-corrected chi connectivity index (χ3v) is 11.1. The minimum atomic E-state index is 0.351. The lowest BCUT2D eigenvalue weighted by Gasteiger charge is -2.59. The zero-order valence-corrected chi connectivity index (χ0v) is 22.1. The quantitative estimate of drug-likeness (QED) is 0.238. The van der Waals surface area contributed by atoms with Crippen LogP contribution in [0, 0.1) is 46.3 Å². The average Bonchev–Trinajstić information content (AvgIpc) is 3.11. The molecule has 0 aromatic carbocycles. The fraction of sp³-hybridized carbons (Fsp3) is 0.900. The molecule has 0 unspecified atom stereocenters. The fourth-order valence-corrected chi connectivity index (χ4v) is 9.52. The molecule has 0 spiro atoms. The molecule has 2 heteroatoms. The van der Waals surface area contributed by atoms with Crippen LogP contribution in [0.5, 0.6) is 0 Å². The van der Waals surface area contributed by atoms with Crippen molar-refractivity contribution < 1.29 is 5.21 Å². The summed E-state index contributed by atoms with van der Waals surface area (Å²) in [5.74, 6) is 5.13. The van der Waals surface area contributed by atoms with Gasteiger partial charge in [0.05, 0.1) is 5.71 Å². The third-order valence-electron chi connectivity index (χ3n) is 11.1. The topological polar surface area (TPSA) is 32.6 Å². The van der Waals surface area contributed by atoms with Crippen molar-refractivity contribution in [1.82, 2.24) is 0 Å². The molecule has 0 amide bonds. The van der Waals surface area contributed by atoms with Crippen LogP contribution in [-0.4, -0.2) is 10.9 Å². The molecule has 1 N–H and O–H groups in total. The lowest BCUT2D eigenvalue weighted by Crippen LogP contribution is -2.51. The van der Waals surface area contributed by atoms with Gasteiger partial charge in [-0.3, -0.25) is 0 Å². The van der Waals surface area contributed by atoms with E-state index in [1.165, 1.54) is 82.6 Å². The Morgan fingerprint density at radius 2 is 1.81 bits per heavy atom. The molecule has 4 rings (SSSR count). The summed E-state index contributed by atoms with van der Waals surface area (Å²) in [6.45, 7) is 14.8. The lowest BCUT2D eigenvalue weighted by atomic mass is 9.45. The molecule has 0 radical (unpaired) electrons. The van der Waals surface area contributed by atoms with E-state index in [1.807, 2.05) is 0 Å². The Hall–Kier alpha value is -0.790. The number of hydrogen-bond acceptors (Lipinski definition) is 2. The number of rotatable bonds is 7. The molecule has 3 fully saturated rings. The second kappa shape index (κ2) is 9.46. The average molecular weight is 442 g/mol. The van der Waals surface area contributed by atoms with Crippen molar-refractivity contribution in [3.05, 3.63) is 11.1 Å². The highest BCUT2D eigenvalue weighted by Gasteiger charge is 2.59. The predicted molar refractivity (Wildman–Crippen MR) is 136 cm³/mol. The van der Waals surface area contributed by atoms with Crippen molar-refractivity contribution in [3.63, 3.8) is 0 Å². The molecule has 4 aliphatic rings.